The highest BCUT2D eigenvalue weighted by Gasteiger charge is 2.15. The number of fused-ring (bicyclic) bond motifs is 2. The standard InChI is InChI=1S/C24H24FN5O3/c1-12-3-5-17(25)22-21(12)16(13(2)29-22)7-8-27-24(33)19-10-15-9-14(4-6-18(15)30-19)23(32)28-11-20(26)31/h3-6,9-10,29-30H,7-8,11H2,1-2H3,(H2,26,31)(H,27,33)(H,28,32). The van der Waals surface area contributed by atoms with E-state index < -0.39 is 11.8 Å². The second-order valence-electron chi connectivity index (χ2n) is 7.98. The minimum absolute atomic E-state index is 0.250. The topological polar surface area (TPSA) is 133 Å². The van der Waals surface area contributed by atoms with Gasteiger partial charge < -0.3 is 26.3 Å². The number of carbonyl (C=O) groups is 3. The summed E-state index contributed by atoms with van der Waals surface area (Å²) < 4.78 is 14.1. The van der Waals surface area contributed by atoms with E-state index in [0.29, 0.717) is 40.6 Å². The number of nitrogens with two attached hydrogens (primary N) is 1. The summed E-state index contributed by atoms with van der Waals surface area (Å²) in [6.07, 6.45) is 0.548. The number of carbonyl (C=O) groups excluding carboxylic acids is 3. The van der Waals surface area contributed by atoms with E-state index in [4.69, 9.17) is 5.73 Å². The van der Waals surface area contributed by atoms with Gasteiger partial charge in [0.1, 0.15) is 11.5 Å². The fourth-order valence-electron chi connectivity index (χ4n) is 4.02. The number of nitrogens with one attached hydrogen (secondary N) is 4. The average Bonchev–Trinajstić information content (AvgIpc) is 3.36. The molecule has 0 aliphatic heterocycles. The average molecular weight is 449 g/mol. The van der Waals surface area contributed by atoms with Crippen LogP contribution in [0.4, 0.5) is 4.39 Å². The van der Waals surface area contributed by atoms with Crippen molar-refractivity contribution in [2.45, 2.75) is 20.3 Å². The number of hydrogen-bond donors (Lipinski definition) is 5. The predicted octanol–water partition coefficient (Wildman–Crippen LogP) is 2.59. The minimum atomic E-state index is -0.631. The van der Waals surface area contributed by atoms with Gasteiger partial charge in [-0.25, -0.2) is 4.39 Å². The van der Waals surface area contributed by atoms with Crippen LogP contribution in [-0.4, -0.2) is 40.8 Å². The molecular formula is C24H24FN5O3. The van der Waals surface area contributed by atoms with Gasteiger partial charge in [-0.05, 0) is 61.7 Å². The lowest BCUT2D eigenvalue weighted by atomic mass is 10.0. The lowest BCUT2D eigenvalue weighted by Gasteiger charge is -2.06. The molecule has 0 atom stereocenters. The number of aryl methyl sites for hydroxylation is 2. The van der Waals surface area contributed by atoms with E-state index >= 15 is 0 Å². The SMILES string of the molecule is Cc1[nH]c2c(F)ccc(C)c2c1CCNC(=O)c1cc2cc(C(=O)NCC(N)=O)ccc2[nH]1. The van der Waals surface area contributed by atoms with Crippen molar-refractivity contribution in [3.63, 3.8) is 0 Å². The summed E-state index contributed by atoms with van der Waals surface area (Å²) in [7, 11) is 0. The lowest BCUT2D eigenvalue weighted by Crippen LogP contribution is -2.33. The highest BCUT2D eigenvalue weighted by atomic mass is 19.1. The van der Waals surface area contributed by atoms with Crippen LogP contribution >= 0.6 is 0 Å². The third-order valence-electron chi connectivity index (χ3n) is 5.64. The molecule has 2 heterocycles. The zero-order valence-electron chi connectivity index (χ0n) is 18.3. The van der Waals surface area contributed by atoms with E-state index in [1.165, 1.54) is 6.07 Å². The van der Waals surface area contributed by atoms with Gasteiger partial charge in [0.25, 0.3) is 11.8 Å². The first-order valence-electron chi connectivity index (χ1n) is 10.5. The van der Waals surface area contributed by atoms with Crippen molar-refractivity contribution >= 4 is 39.5 Å². The molecule has 0 fully saturated rings. The monoisotopic (exact) mass is 449 g/mol. The second kappa shape index (κ2) is 8.78. The Balaban J connectivity index is 1.45. The maximum atomic E-state index is 14.1. The van der Waals surface area contributed by atoms with Crippen LogP contribution < -0.4 is 16.4 Å². The number of rotatable bonds is 7. The smallest absolute Gasteiger partial charge is 0.267 e. The molecule has 2 aromatic heterocycles. The van der Waals surface area contributed by atoms with Gasteiger partial charge in [0.15, 0.2) is 0 Å². The molecule has 8 nitrogen and oxygen atoms in total. The van der Waals surface area contributed by atoms with Crippen LogP contribution in [0, 0.1) is 19.7 Å². The van der Waals surface area contributed by atoms with E-state index in [2.05, 4.69) is 20.6 Å². The predicted molar refractivity (Wildman–Crippen MR) is 124 cm³/mol. The second-order valence-corrected chi connectivity index (χ2v) is 7.98. The van der Waals surface area contributed by atoms with E-state index in [9.17, 15) is 18.8 Å². The molecule has 0 aliphatic rings. The first-order valence-corrected chi connectivity index (χ1v) is 10.5. The largest absolute Gasteiger partial charge is 0.368 e. The van der Waals surface area contributed by atoms with E-state index in [0.717, 1.165) is 22.2 Å². The Labute approximate surface area is 188 Å². The third kappa shape index (κ3) is 4.43. The molecule has 33 heavy (non-hydrogen) atoms. The molecule has 9 heteroatoms. The molecule has 0 bridgehead atoms. The first-order chi connectivity index (χ1) is 15.7. The zero-order chi connectivity index (χ0) is 23.7. The van der Waals surface area contributed by atoms with Crippen LogP contribution in [0.2, 0.25) is 0 Å². The van der Waals surface area contributed by atoms with Crippen LogP contribution in [0.25, 0.3) is 21.8 Å². The summed E-state index contributed by atoms with van der Waals surface area (Å²) in [4.78, 5) is 41.8. The van der Waals surface area contributed by atoms with Crippen molar-refractivity contribution in [1.82, 2.24) is 20.6 Å². The number of amides is 3. The lowest BCUT2D eigenvalue weighted by molar-refractivity contribution is -0.117. The first kappa shape index (κ1) is 22.1. The fraction of sp³-hybridized carbons (Fsp3) is 0.208. The van der Waals surface area contributed by atoms with Crippen LogP contribution in [-0.2, 0) is 11.2 Å². The molecule has 0 aliphatic carbocycles. The van der Waals surface area contributed by atoms with Gasteiger partial charge in [0.05, 0.1) is 12.1 Å². The van der Waals surface area contributed by atoms with Crippen molar-refractivity contribution in [3.05, 3.63) is 70.3 Å². The molecule has 3 amide bonds. The molecule has 0 spiro atoms. The van der Waals surface area contributed by atoms with Crippen LogP contribution in [0.5, 0.6) is 0 Å². The van der Waals surface area contributed by atoms with Gasteiger partial charge in [0, 0.05) is 34.1 Å². The molecule has 4 aromatic rings. The quantitative estimate of drug-likeness (QED) is 0.297. The maximum absolute atomic E-state index is 14.1. The molecular weight excluding hydrogens is 425 g/mol. The van der Waals surface area contributed by atoms with Crippen LogP contribution in [0.3, 0.4) is 0 Å². The number of halogens is 1. The van der Waals surface area contributed by atoms with Crippen molar-refractivity contribution in [1.29, 1.82) is 0 Å². The number of aromatic nitrogens is 2. The van der Waals surface area contributed by atoms with E-state index in [-0.39, 0.29) is 18.3 Å². The Morgan fingerprint density at radius 1 is 1.00 bits per heavy atom. The molecule has 0 radical (unpaired) electrons. The highest BCUT2D eigenvalue weighted by Crippen LogP contribution is 2.28. The molecule has 170 valence electrons. The molecule has 4 rings (SSSR count). The summed E-state index contributed by atoms with van der Waals surface area (Å²) in [5, 5.41) is 6.86. The Morgan fingerprint density at radius 3 is 2.55 bits per heavy atom. The van der Waals surface area contributed by atoms with Gasteiger partial charge in [0.2, 0.25) is 5.91 Å². The highest BCUT2D eigenvalue weighted by molar-refractivity contribution is 6.02. The van der Waals surface area contributed by atoms with Crippen LogP contribution in [0.15, 0.2) is 36.4 Å². The van der Waals surface area contributed by atoms with Gasteiger partial charge in [-0.3, -0.25) is 14.4 Å². The summed E-state index contributed by atoms with van der Waals surface area (Å²) in [5.41, 5.74) is 9.77. The summed E-state index contributed by atoms with van der Waals surface area (Å²) in [6, 6.07) is 9.77. The Kier molecular flexibility index (Phi) is 5.87. The summed E-state index contributed by atoms with van der Waals surface area (Å²) >= 11 is 0. The van der Waals surface area contributed by atoms with Gasteiger partial charge >= 0.3 is 0 Å². The van der Waals surface area contributed by atoms with E-state index in [1.54, 1.807) is 30.3 Å². The summed E-state index contributed by atoms with van der Waals surface area (Å²) in [6.45, 7) is 3.95. The number of benzene rings is 2. The van der Waals surface area contributed by atoms with Gasteiger partial charge in [-0.2, -0.15) is 0 Å². The molecule has 0 unspecified atom stereocenters. The number of aromatic amines is 2. The van der Waals surface area contributed by atoms with Crippen molar-refractivity contribution in [2.75, 3.05) is 13.1 Å². The van der Waals surface area contributed by atoms with Crippen molar-refractivity contribution in [2.24, 2.45) is 5.73 Å². The Hall–Kier alpha value is -4.14. The molecule has 6 N–H and O–H groups in total. The maximum Gasteiger partial charge on any atom is 0.267 e. The Bertz CT molecular complexity index is 1400. The zero-order valence-corrected chi connectivity index (χ0v) is 18.3. The number of H-pyrrole nitrogens is 2. The van der Waals surface area contributed by atoms with Crippen LogP contribution in [0.1, 0.15) is 37.7 Å². The van der Waals surface area contributed by atoms with Gasteiger partial charge in [-0.15, -0.1) is 0 Å². The number of hydrogen-bond acceptors (Lipinski definition) is 3. The summed E-state index contributed by atoms with van der Waals surface area (Å²) in [5.74, 6) is -1.64. The van der Waals surface area contributed by atoms with E-state index in [1.807, 2.05) is 13.8 Å². The van der Waals surface area contributed by atoms with Crippen molar-refractivity contribution < 1.29 is 18.8 Å². The van der Waals surface area contributed by atoms with Crippen molar-refractivity contribution in [3.8, 4) is 0 Å². The molecule has 0 saturated heterocycles. The minimum Gasteiger partial charge on any atom is -0.368 e. The normalized spacial score (nSPS) is 11.1. The third-order valence-corrected chi connectivity index (χ3v) is 5.64. The van der Waals surface area contributed by atoms with Gasteiger partial charge in [-0.1, -0.05) is 6.07 Å². The molecule has 0 saturated carbocycles. The number of primary amides is 1. The fourth-order valence-corrected chi connectivity index (χ4v) is 4.02. The molecule has 2 aromatic carbocycles. The Morgan fingerprint density at radius 2 is 1.79 bits per heavy atom.